The van der Waals surface area contributed by atoms with E-state index in [9.17, 15) is 4.79 Å². The van der Waals surface area contributed by atoms with Crippen LogP contribution in [0.3, 0.4) is 0 Å². The first-order valence-corrected chi connectivity index (χ1v) is 3.92. The number of hydrogen-bond donors (Lipinski definition) is 1. The van der Waals surface area contributed by atoms with Crippen molar-refractivity contribution in [2.24, 2.45) is 0 Å². The number of ether oxygens (including phenoxy) is 1. The number of nitrogens with one attached hydrogen (secondary N) is 1. The SMILES string of the molecule is Cl.O=C1OCCN1CNc1ccon1. The normalized spacial score (nSPS) is 14.9. The number of carbonyl (C=O) groups excluding carboxylic acids is 1. The van der Waals surface area contributed by atoms with Crippen LogP contribution in [0.2, 0.25) is 0 Å². The summed E-state index contributed by atoms with van der Waals surface area (Å²) in [5.41, 5.74) is 0. The van der Waals surface area contributed by atoms with Gasteiger partial charge >= 0.3 is 6.09 Å². The van der Waals surface area contributed by atoms with Crippen molar-refractivity contribution in [3.05, 3.63) is 12.3 Å². The molecule has 0 atom stereocenters. The minimum Gasteiger partial charge on any atom is -0.447 e. The molecule has 6 nitrogen and oxygen atoms in total. The molecule has 0 bridgehead atoms. The molecule has 1 saturated heterocycles. The number of anilines is 1. The summed E-state index contributed by atoms with van der Waals surface area (Å²) in [5, 5.41) is 6.55. The van der Waals surface area contributed by atoms with Gasteiger partial charge in [-0.1, -0.05) is 5.16 Å². The third-order valence-electron chi connectivity index (χ3n) is 1.73. The highest BCUT2D eigenvalue weighted by molar-refractivity contribution is 5.85. The Labute approximate surface area is 86.6 Å². The molecule has 14 heavy (non-hydrogen) atoms. The maximum atomic E-state index is 11.0. The second-order valence-corrected chi connectivity index (χ2v) is 2.60. The number of amides is 1. The summed E-state index contributed by atoms with van der Waals surface area (Å²) in [6.45, 7) is 1.47. The van der Waals surface area contributed by atoms with Gasteiger partial charge in [-0.15, -0.1) is 12.4 Å². The summed E-state index contributed by atoms with van der Waals surface area (Å²) in [5.74, 6) is 0.611. The average molecular weight is 220 g/mol. The summed E-state index contributed by atoms with van der Waals surface area (Å²) < 4.78 is 9.35. The first kappa shape index (κ1) is 10.6. The molecule has 2 rings (SSSR count). The molecular weight excluding hydrogens is 210 g/mol. The molecule has 1 fully saturated rings. The predicted molar refractivity (Wildman–Crippen MR) is 50.3 cm³/mol. The van der Waals surface area contributed by atoms with E-state index in [1.165, 1.54) is 6.26 Å². The predicted octanol–water partition coefficient (Wildman–Crippen LogP) is 0.918. The molecule has 1 aromatic rings. The number of cyclic esters (lactones) is 1. The van der Waals surface area contributed by atoms with Crippen molar-refractivity contribution in [3.8, 4) is 0 Å². The highest BCUT2D eigenvalue weighted by Gasteiger charge is 2.21. The summed E-state index contributed by atoms with van der Waals surface area (Å²) in [6, 6.07) is 1.68. The number of halogens is 1. The van der Waals surface area contributed by atoms with Crippen LogP contribution in [0.1, 0.15) is 0 Å². The lowest BCUT2D eigenvalue weighted by Gasteiger charge is -2.11. The number of hydrogen-bond acceptors (Lipinski definition) is 5. The zero-order chi connectivity index (χ0) is 9.10. The van der Waals surface area contributed by atoms with Crippen LogP contribution in [0.15, 0.2) is 16.9 Å². The molecule has 1 N–H and O–H groups in total. The van der Waals surface area contributed by atoms with Crippen LogP contribution < -0.4 is 5.32 Å². The lowest BCUT2D eigenvalue weighted by molar-refractivity contribution is 0.160. The highest BCUT2D eigenvalue weighted by Crippen LogP contribution is 2.05. The molecule has 1 aliphatic rings. The molecule has 0 aliphatic carbocycles. The van der Waals surface area contributed by atoms with Crippen molar-refractivity contribution in [2.75, 3.05) is 25.1 Å². The Morgan fingerprint density at radius 2 is 2.50 bits per heavy atom. The molecule has 7 heteroatoms. The summed E-state index contributed by atoms with van der Waals surface area (Å²) >= 11 is 0. The van der Waals surface area contributed by atoms with Gasteiger partial charge in [-0.3, -0.25) is 4.90 Å². The molecule has 0 spiro atoms. The maximum absolute atomic E-state index is 11.0. The summed E-state index contributed by atoms with van der Waals surface area (Å²) in [4.78, 5) is 12.5. The van der Waals surface area contributed by atoms with Crippen molar-refractivity contribution in [1.29, 1.82) is 0 Å². The van der Waals surface area contributed by atoms with Crippen LogP contribution in [0.25, 0.3) is 0 Å². The molecular formula is C7H10ClN3O3. The van der Waals surface area contributed by atoms with Crippen molar-refractivity contribution >= 4 is 24.3 Å². The van der Waals surface area contributed by atoms with Crippen LogP contribution in [0, 0.1) is 0 Å². The molecule has 0 saturated carbocycles. The van der Waals surface area contributed by atoms with Crippen LogP contribution in [0.4, 0.5) is 10.6 Å². The maximum Gasteiger partial charge on any atom is 0.411 e. The van der Waals surface area contributed by atoms with Gasteiger partial charge in [0.1, 0.15) is 12.9 Å². The van der Waals surface area contributed by atoms with Crippen LogP contribution in [0.5, 0.6) is 0 Å². The van der Waals surface area contributed by atoms with E-state index in [0.29, 0.717) is 25.6 Å². The number of aromatic nitrogens is 1. The number of carbonyl (C=O) groups is 1. The lowest BCUT2D eigenvalue weighted by Crippen LogP contribution is -2.30. The van der Waals surface area contributed by atoms with Gasteiger partial charge in [-0.25, -0.2) is 4.79 Å². The van der Waals surface area contributed by atoms with E-state index in [-0.39, 0.29) is 18.5 Å². The van der Waals surface area contributed by atoms with Crippen LogP contribution in [-0.2, 0) is 4.74 Å². The zero-order valence-corrected chi connectivity index (χ0v) is 8.12. The van der Waals surface area contributed by atoms with Gasteiger partial charge in [-0.2, -0.15) is 0 Å². The summed E-state index contributed by atoms with van der Waals surface area (Å²) in [7, 11) is 0. The van der Waals surface area contributed by atoms with E-state index in [1.807, 2.05) is 0 Å². The van der Waals surface area contributed by atoms with Gasteiger partial charge in [0.05, 0.1) is 13.2 Å². The fourth-order valence-electron chi connectivity index (χ4n) is 1.05. The van der Waals surface area contributed by atoms with Crippen LogP contribution in [-0.4, -0.2) is 36.0 Å². The van der Waals surface area contributed by atoms with E-state index >= 15 is 0 Å². The Balaban J connectivity index is 0.000000980. The molecule has 1 amide bonds. The Kier molecular flexibility index (Phi) is 3.58. The molecule has 0 aromatic carbocycles. The second-order valence-electron chi connectivity index (χ2n) is 2.60. The van der Waals surface area contributed by atoms with Crippen LogP contribution >= 0.6 is 12.4 Å². The minimum absolute atomic E-state index is 0. The van der Waals surface area contributed by atoms with Crippen molar-refractivity contribution in [3.63, 3.8) is 0 Å². The van der Waals surface area contributed by atoms with Gasteiger partial charge in [0, 0.05) is 6.07 Å². The third-order valence-corrected chi connectivity index (χ3v) is 1.73. The Morgan fingerprint density at radius 3 is 3.07 bits per heavy atom. The Morgan fingerprint density at radius 1 is 1.64 bits per heavy atom. The van der Waals surface area contributed by atoms with Crippen molar-refractivity contribution in [2.45, 2.75) is 0 Å². The third kappa shape index (κ3) is 2.29. The largest absolute Gasteiger partial charge is 0.447 e. The van der Waals surface area contributed by atoms with Gasteiger partial charge < -0.3 is 14.6 Å². The molecule has 0 radical (unpaired) electrons. The van der Waals surface area contributed by atoms with E-state index in [0.717, 1.165) is 0 Å². The van der Waals surface area contributed by atoms with Crippen molar-refractivity contribution < 1.29 is 14.1 Å². The molecule has 78 valence electrons. The first-order valence-electron chi connectivity index (χ1n) is 3.92. The number of nitrogens with zero attached hydrogens (tertiary/aromatic N) is 2. The Hall–Kier alpha value is -1.43. The quantitative estimate of drug-likeness (QED) is 0.819. The fourth-order valence-corrected chi connectivity index (χ4v) is 1.05. The van der Waals surface area contributed by atoms with E-state index in [1.54, 1.807) is 11.0 Å². The first-order chi connectivity index (χ1) is 6.36. The highest BCUT2D eigenvalue weighted by atomic mass is 35.5. The van der Waals surface area contributed by atoms with Gasteiger partial charge in [-0.05, 0) is 0 Å². The zero-order valence-electron chi connectivity index (χ0n) is 7.30. The van der Waals surface area contributed by atoms with E-state index in [4.69, 9.17) is 4.74 Å². The lowest BCUT2D eigenvalue weighted by atomic mass is 10.6. The van der Waals surface area contributed by atoms with Gasteiger partial charge in [0.15, 0.2) is 5.82 Å². The van der Waals surface area contributed by atoms with Crippen molar-refractivity contribution in [1.82, 2.24) is 10.1 Å². The van der Waals surface area contributed by atoms with E-state index < -0.39 is 0 Å². The Bertz CT molecular complexity index is 290. The molecule has 1 aromatic heterocycles. The smallest absolute Gasteiger partial charge is 0.411 e. The average Bonchev–Trinajstić information content (AvgIpc) is 2.72. The minimum atomic E-state index is -0.295. The van der Waals surface area contributed by atoms with Gasteiger partial charge in [0.2, 0.25) is 0 Å². The fraction of sp³-hybridized carbons (Fsp3) is 0.429. The van der Waals surface area contributed by atoms with E-state index in [2.05, 4.69) is 15.0 Å². The van der Waals surface area contributed by atoms with Gasteiger partial charge in [0.25, 0.3) is 0 Å². The number of rotatable bonds is 3. The molecule has 2 heterocycles. The molecule has 0 unspecified atom stereocenters. The standard InChI is InChI=1S/C7H9N3O3.ClH/c11-7-10(2-4-12-7)5-8-6-1-3-13-9-6;/h1,3H,2,4-5H2,(H,8,9);1H. The monoisotopic (exact) mass is 219 g/mol. The molecule has 1 aliphatic heterocycles. The topological polar surface area (TPSA) is 67.6 Å². The summed E-state index contributed by atoms with van der Waals surface area (Å²) in [6.07, 6.45) is 1.17. The second kappa shape index (κ2) is 4.71.